The van der Waals surface area contributed by atoms with Gasteiger partial charge in [0.25, 0.3) is 5.91 Å². The van der Waals surface area contributed by atoms with Crippen LogP contribution in [0.15, 0.2) is 42.5 Å². The molecule has 2 rings (SSSR count). The molecule has 0 atom stereocenters. The molecule has 0 unspecified atom stereocenters. The van der Waals surface area contributed by atoms with E-state index in [9.17, 15) is 18.4 Å². The summed E-state index contributed by atoms with van der Waals surface area (Å²) < 4.78 is 26.6. The standard InChI is InChI=1S/C18H18F2N2O2/c1-3-12-6-4-5-7-16(12)21-17(23)11-22(2)18(24)14-9-8-13(19)10-15(14)20/h4-10H,3,11H2,1-2H3,(H,21,23). The summed E-state index contributed by atoms with van der Waals surface area (Å²) in [4.78, 5) is 25.4. The first-order valence-electron chi connectivity index (χ1n) is 7.50. The number of carbonyl (C=O) groups excluding carboxylic acids is 2. The zero-order valence-electron chi connectivity index (χ0n) is 13.5. The Kier molecular flexibility index (Phi) is 5.63. The maximum absolute atomic E-state index is 13.7. The fourth-order valence-electron chi connectivity index (χ4n) is 2.30. The first-order valence-corrected chi connectivity index (χ1v) is 7.50. The number of halogens is 2. The minimum atomic E-state index is -0.955. The predicted octanol–water partition coefficient (Wildman–Crippen LogP) is 3.24. The first kappa shape index (κ1) is 17.6. The molecule has 0 saturated heterocycles. The van der Waals surface area contributed by atoms with Crippen LogP contribution in [0.25, 0.3) is 0 Å². The Morgan fingerprint density at radius 1 is 1.12 bits per heavy atom. The highest BCUT2D eigenvalue weighted by Gasteiger charge is 2.19. The van der Waals surface area contributed by atoms with E-state index in [4.69, 9.17) is 0 Å². The van der Waals surface area contributed by atoms with Gasteiger partial charge in [0.05, 0.1) is 12.1 Å². The van der Waals surface area contributed by atoms with Crippen molar-refractivity contribution < 1.29 is 18.4 Å². The summed E-state index contributed by atoms with van der Waals surface area (Å²) in [5, 5.41) is 2.74. The molecule has 2 aromatic rings. The van der Waals surface area contributed by atoms with E-state index in [-0.39, 0.29) is 12.1 Å². The van der Waals surface area contributed by atoms with E-state index >= 15 is 0 Å². The van der Waals surface area contributed by atoms with Crippen molar-refractivity contribution in [3.05, 3.63) is 65.2 Å². The maximum Gasteiger partial charge on any atom is 0.257 e. The van der Waals surface area contributed by atoms with E-state index in [0.717, 1.165) is 29.0 Å². The fraction of sp³-hybridized carbons (Fsp3) is 0.222. The van der Waals surface area contributed by atoms with E-state index in [1.165, 1.54) is 7.05 Å². The SMILES string of the molecule is CCc1ccccc1NC(=O)CN(C)C(=O)c1ccc(F)cc1F. The highest BCUT2D eigenvalue weighted by atomic mass is 19.1. The van der Waals surface area contributed by atoms with Gasteiger partial charge in [0.1, 0.15) is 11.6 Å². The van der Waals surface area contributed by atoms with Crippen LogP contribution >= 0.6 is 0 Å². The topological polar surface area (TPSA) is 49.4 Å². The van der Waals surface area contributed by atoms with Crippen molar-refractivity contribution in [2.45, 2.75) is 13.3 Å². The van der Waals surface area contributed by atoms with Crippen molar-refractivity contribution in [2.24, 2.45) is 0 Å². The van der Waals surface area contributed by atoms with Gasteiger partial charge >= 0.3 is 0 Å². The van der Waals surface area contributed by atoms with Gasteiger partial charge in [0.2, 0.25) is 5.91 Å². The lowest BCUT2D eigenvalue weighted by Gasteiger charge is -2.18. The molecule has 0 bridgehead atoms. The van der Waals surface area contributed by atoms with Crippen molar-refractivity contribution in [3.8, 4) is 0 Å². The summed E-state index contributed by atoms with van der Waals surface area (Å²) in [7, 11) is 1.39. The Balaban J connectivity index is 2.04. The van der Waals surface area contributed by atoms with E-state index in [1.807, 2.05) is 19.1 Å². The fourth-order valence-corrected chi connectivity index (χ4v) is 2.30. The smallest absolute Gasteiger partial charge is 0.257 e. The highest BCUT2D eigenvalue weighted by Crippen LogP contribution is 2.16. The van der Waals surface area contributed by atoms with Crippen molar-refractivity contribution >= 4 is 17.5 Å². The summed E-state index contributed by atoms with van der Waals surface area (Å²) in [5.74, 6) is -2.80. The number of para-hydroxylation sites is 1. The number of anilines is 1. The second kappa shape index (κ2) is 7.68. The number of carbonyl (C=O) groups is 2. The van der Waals surface area contributed by atoms with Gasteiger partial charge in [-0.05, 0) is 30.2 Å². The van der Waals surface area contributed by atoms with Gasteiger partial charge in [-0.25, -0.2) is 8.78 Å². The number of nitrogens with zero attached hydrogens (tertiary/aromatic N) is 1. The molecule has 0 spiro atoms. The Bertz CT molecular complexity index is 762. The van der Waals surface area contributed by atoms with Crippen molar-refractivity contribution in [1.82, 2.24) is 4.90 Å². The number of likely N-dealkylation sites (N-methyl/N-ethyl adjacent to an activating group) is 1. The molecule has 0 heterocycles. The highest BCUT2D eigenvalue weighted by molar-refractivity contribution is 5.99. The molecule has 0 aliphatic carbocycles. The Hall–Kier alpha value is -2.76. The summed E-state index contributed by atoms with van der Waals surface area (Å²) in [5.41, 5.74) is 1.38. The third-order valence-corrected chi connectivity index (χ3v) is 3.56. The molecule has 6 heteroatoms. The molecule has 24 heavy (non-hydrogen) atoms. The largest absolute Gasteiger partial charge is 0.332 e. The van der Waals surface area contributed by atoms with Gasteiger partial charge in [0.15, 0.2) is 0 Å². The van der Waals surface area contributed by atoms with Crippen LogP contribution in [0.5, 0.6) is 0 Å². The van der Waals surface area contributed by atoms with Crippen LogP contribution < -0.4 is 5.32 Å². The van der Waals surface area contributed by atoms with Crippen LogP contribution in [0.2, 0.25) is 0 Å². The number of aryl methyl sites for hydroxylation is 1. The van der Waals surface area contributed by atoms with Gasteiger partial charge in [-0.2, -0.15) is 0 Å². The molecule has 0 aliphatic rings. The molecule has 1 N–H and O–H groups in total. The second-order valence-electron chi connectivity index (χ2n) is 5.34. The van der Waals surface area contributed by atoms with Gasteiger partial charge in [0, 0.05) is 18.8 Å². The van der Waals surface area contributed by atoms with Gasteiger partial charge in [-0.1, -0.05) is 25.1 Å². The van der Waals surface area contributed by atoms with Gasteiger partial charge < -0.3 is 10.2 Å². The number of hydrogen-bond acceptors (Lipinski definition) is 2. The van der Waals surface area contributed by atoms with Crippen molar-refractivity contribution in [2.75, 3.05) is 18.9 Å². The third kappa shape index (κ3) is 4.16. The minimum absolute atomic E-state index is 0.242. The molecule has 4 nitrogen and oxygen atoms in total. The number of benzene rings is 2. The van der Waals surface area contributed by atoms with E-state index in [1.54, 1.807) is 12.1 Å². The summed E-state index contributed by atoms with van der Waals surface area (Å²) in [6, 6.07) is 10.1. The summed E-state index contributed by atoms with van der Waals surface area (Å²) in [6.45, 7) is 1.73. The van der Waals surface area contributed by atoms with Crippen LogP contribution in [0.4, 0.5) is 14.5 Å². The zero-order valence-corrected chi connectivity index (χ0v) is 13.5. The molecule has 0 saturated carbocycles. The minimum Gasteiger partial charge on any atom is -0.332 e. The Labute approximate surface area is 139 Å². The molecule has 2 amide bonds. The van der Waals surface area contributed by atoms with Crippen LogP contribution in [0.3, 0.4) is 0 Å². The van der Waals surface area contributed by atoms with Crippen LogP contribution in [-0.2, 0) is 11.2 Å². The number of rotatable bonds is 5. The molecule has 0 radical (unpaired) electrons. The molecular weight excluding hydrogens is 314 g/mol. The lowest BCUT2D eigenvalue weighted by Crippen LogP contribution is -2.35. The van der Waals surface area contributed by atoms with Gasteiger partial charge in [-0.3, -0.25) is 9.59 Å². The molecule has 0 fully saturated rings. The molecule has 2 aromatic carbocycles. The molecular formula is C18H18F2N2O2. The van der Waals surface area contributed by atoms with E-state index in [0.29, 0.717) is 11.8 Å². The zero-order chi connectivity index (χ0) is 17.7. The second-order valence-corrected chi connectivity index (χ2v) is 5.34. The van der Waals surface area contributed by atoms with Gasteiger partial charge in [-0.15, -0.1) is 0 Å². The monoisotopic (exact) mass is 332 g/mol. The maximum atomic E-state index is 13.7. The molecule has 126 valence electrons. The molecule has 0 aliphatic heterocycles. The summed E-state index contributed by atoms with van der Waals surface area (Å²) >= 11 is 0. The molecule has 0 aromatic heterocycles. The van der Waals surface area contributed by atoms with E-state index < -0.39 is 23.4 Å². The first-order chi connectivity index (χ1) is 11.4. The third-order valence-electron chi connectivity index (χ3n) is 3.56. The Morgan fingerprint density at radius 2 is 1.83 bits per heavy atom. The lowest BCUT2D eigenvalue weighted by atomic mass is 10.1. The predicted molar refractivity (Wildman–Crippen MR) is 87.8 cm³/mol. The number of nitrogens with one attached hydrogen (secondary N) is 1. The van der Waals surface area contributed by atoms with Crippen molar-refractivity contribution in [3.63, 3.8) is 0 Å². The van der Waals surface area contributed by atoms with Crippen LogP contribution in [-0.4, -0.2) is 30.3 Å². The van der Waals surface area contributed by atoms with Crippen LogP contribution in [0, 0.1) is 11.6 Å². The average molecular weight is 332 g/mol. The van der Waals surface area contributed by atoms with E-state index in [2.05, 4.69) is 5.32 Å². The number of amides is 2. The van der Waals surface area contributed by atoms with Crippen LogP contribution in [0.1, 0.15) is 22.8 Å². The number of hydrogen-bond donors (Lipinski definition) is 1. The van der Waals surface area contributed by atoms with Crippen molar-refractivity contribution in [1.29, 1.82) is 0 Å². The normalized spacial score (nSPS) is 10.3. The quantitative estimate of drug-likeness (QED) is 0.914. The lowest BCUT2D eigenvalue weighted by molar-refractivity contribution is -0.116. The average Bonchev–Trinajstić information content (AvgIpc) is 2.54. The summed E-state index contributed by atoms with van der Waals surface area (Å²) in [6.07, 6.45) is 0.756. The Morgan fingerprint density at radius 3 is 2.50 bits per heavy atom.